The van der Waals surface area contributed by atoms with Crippen molar-refractivity contribution in [1.82, 2.24) is 0 Å². The highest BCUT2D eigenvalue weighted by atomic mass is 35.5. The molecule has 14 heavy (non-hydrogen) atoms. The second kappa shape index (κ2) is 4.33. The minimum absolute atomic E-state index is 0.416. The lowest BCUT2D eigenvalue weighted by atomic mass is 10.0. The van der Waals surface area contributed by atoms with Crippen molar-refractivity contribution in [2.24, 2.45) is 0 Å². The first-order valence-corrected chi connectivity index (χ1v) is 4.51. The summed E-state index contributed by atoms with van der Waals surface area (Å²) in [7, 11) is 1.49. The fourth-order valence-corrected chi connectivity index (χ4v) is 1.57. The van der Waals surface area contributed by atoms with Crippen molar-refractivity contribution in [3.8, 4) is 5.75 Å². The summed E-state index contributed by atoms with van der Waals surface area (Å²) >= 11 is 5.90. The summed E-state index contributed by atoms with van der Waals surface area (Å²) in [5.74, 6) is -1.08. The third-order valence-corrected chi connectivity index (χ3v) is 2.37. The fraction of sp³-hybridized carbons (Fsp3) is 0.300. The largest absolute Gasteiger partial charge is 0.496 e. The van der Waals surface area contributed by atoms with Gasteiger partial charge < -0.3 is 9.84 Å². The zero-order valence-electron chi connectivity index (χ0n) is 7.95. The van der Waals surface area contributed by atoms with Gasteiger partial charge in [0.1, 0.15) is 5.75 Å². The number of methoxy groups -OCH3 is 1. The lowest BCUT2D eigenvalue weighted by Crippen LogP contribution is -2.09. The molecule has 1 aromatic rings. The number of carboxylic acid groups (broad SMARTS) is 1. The van der Waals surface area contributed by atoms with Crippen LogP contribution in [0.15, 0.2) is 18.2 Å². The molecule has 0 bridgehead atoms. The third kappa shape index (κ3) is 1.99. The SMILES string of the molecule is COc1cccc(Cl)c1C(C)C(=O)O. The predicted molar refractivity (Wildman–Crippen MR) is 54.1 cm³/mol. The van der Waals surface area contributed by atoms with Gasteiger partial charge in [0, 0.05) is 10.6 Å². The first kappa shape index (κ1) is 10.9. The molecule has 76 valence electrons. The predicted octanol–water partition coefficient (Wildman–Crippen LogP) is 2.54. The Morgan fingerprint density at radius 3 is 2.71 bits per heavy atom. The molecule has 0 aliphatic rings. The molecule has 0 saturated heterocycles. The summed E-state index contributed by atoms with van der Waals surface area (Å²) in [6.45, 7) is 1.58. The second-order valence-corrected chi connectivity index (χ2v) is 3.32. The van der Waals surface area contributed by atoms with E-state index in [1.165, 1.54) is 7.11 Å². The Kier molecular flexibility index (Phi) is 3.36. The van der Waals surface area contributed by atoms with Crippen molar-refractivity contribution in [3.05, 3.63) is 28.8 Å². The lowest BCUT2D eigenvalue weighted by Gasteiger charge is -2.13. The highest BCUT2D eigenvalue weighted by Gasteiger charge is 2.20. The van der Waals surface area contributed by atoms with Crippen LogP contribution in [0.5, 0.6) is 5.75 Å². The number of hydrogen-bond donors (Lipinski definition) is 1. The molecule has 0 aliphatic heterocycles. The summed E-state index contributed by atoms with van der Waals surface area (Å²) in [4.78, 5) is 10.8. The molecule has 0 saturated carbocycles. The van der Waals surface area contributed by atoms with E-state index < -0.39 is 11.9 Å². The number of ether oxygens (including phenoxy) is 1. The van der Waals surface area contributed by atoms with E-state index in [9.17, 15) is 4.79 Å². The van der Waals surface area contributed by atoms with E-state index in [1.807, 2.05) is 0 Å². The van der Waals surface area contributed by atoms with Crippen LogP contribution in [0.25, 0.3) is 0 Å². The Morgan fingerprint density at radius 2 is 2.21 bits per heavy atom. The molecule has 0 amide bonds. The molecule has 1 unspecified atom stereocenters. The first-order chi connectivity index (χ1) is 6.57. The van der Waals surface area contributed by atoms with Crippen LogP contribution >= 0.6 is 11.6 Å². The number of rotatable bonds is 3. The van der Waals surface area contributed by atoms with Gasteiger partial charge in [-0.3, -0.25) is 4.79 Å². The normalized spacial score (nSPS) is 12.2. The van der Waals surface area contributed by atoms with Gasteiger partial charge in [0.2, 0.25) is 0 Å². The van der Waals surface area contributed by atoms with Crippen molar-refractivity contribution in [2.45, 2.75) is 12.8 Å². The summed E-state index contributed by atoms with van der Waals surface area (Å²) in [5, 5.41) is 9.28. The zero-order valence-corrected chi connectivity index (χ0v) is 8.71. The highest BCUT2D eigenvalue weighted by molar-refractivity contribution is 6.31. The van der Waals surface area contributed by atoms with E-state index in [-0.39, 0.29) is 0 Å². The molecule has 0 fully saturated rings. The van der Waals surface area contributed by atoms with E-state index in [0.29, 0.717) is 16.3 Å². The van der Waals surface area contributed by atoms with Crippen molar-refractivity contribution in [2.75, 3.05) is 7.11 Å². The molecule has 1 atom stereocenters. The molecule has 0 spiro atoms. The van der Waals surface area contributed by atoms with E-state index in [4.69, 9.17) is 21.4 Å². The van der Waals surface area contributed by atoms with Gasteiger partial charge in [-0.05, 0) is 19.1 Å². The second-order valence-electron chi connectivity index (χ2n) is 2.92. The lowest BCUT2D eigenvalue weighted by molar-refractivity contribution is -0.138. The van der Waals surface area contributed by atoms with Crippen molar-refractivity contribution < 1.29 is 14.6 Å². The van der Waals surface area contributed by atoms with Crippen LogP contribution in [-0.2, 0) is 4.79 Å². The van der Waals surface area contributed by atoms with Gasteiger partial charge in [0.05, 0.1) is 13.0 Å². The van der Waals surface area contributed by atoms with E-state index >= 15 is 0 Å². The maximum atomic E-state index is 10.8. The van der Waals surface area contributed by atoms with Crippen LogP contribution in [0, 0.1) is 0 Å². The van der Waals surface area contributed by atoms with Crippen molar-refractivity contribution >= 4 is 17.6 Å². The molecule has 4 heteroatoms. The average molecular weight is 215 g/mol. The maximum Gasteiger partial charge on any atom is 0.310 e. The first-order valence-electron chi connectivity index (χ1n) is 4.13. The standard InChI is InChI=1S/C10H11ClO3/c1-6(10(12)13)9-7(11)4-3-5-8(9)14-2/h3-6H,1-2H3,(H,12,13). The van der Waals surface area contributed by atoms with Crippen molar-refractivity contribution in [1.29, 1.82) is 0 Å². The summed E-state index contributed by atoms with van der Waals surface area (Å²) in [6, 6.07) is 5.07. The van der Waals surface area contributed by atoms with Gasteiger partial charge in [0.15, 0.2) is 0 Å². The van der Waals surface area contributed by atoms with Crippen LogP contribution in [0.4, 0.5) is 0 Å². The smallest absolute Gasteiger partial charge is 0.310 e. The van der Waals surface area contributed by atoms with Gasteiger partial charge in [-0.1, -0.05) is 17.7 Å². The van der Waals surface area contributed by atoms with Crippen LogP contribution in [0.3, 0.4) is 0 Å². The zero-order chi connectivity index (χ0) is 10.7. The van der Waals surface area contributed by atoms with Crippen molar-refractivity contribution in [3.63, 3.8) is 0 Å². The van der Waals surface area contributed by atoms with Gasteiger partial charge >= 0.3 is 5.97 Å². The number of benzene rings is 1. The summed E-state index contributed by atoms with van der Waals surface area (Å²) < 4.78 is 5.05. The molecular formula is C10H11ClO3. The number of carboxylic acids is 1. The number of carbonyl (C=O) groups is 1. The van der Waals surface area contributed by atoms with Crippen LogP contribution in [0.2, 0.25) is 5.02 Å². The Morgan fingerprint density at radius 1 is 1.57 bits per heavy atom. The minimum atomic E-state index is -0.920. The van der Waals surface area contributed by atoms with Crippen LogP contribution < -0.4 is 4.74 Å². The minimum Gasteiger partial charge on any atom is -0.496 e. The summed E-state index contributed by atoms with van der Waals surface area (Å²) in [6.07, 6.45) is 0. The highest BCUT2D eigenvalue weighted by Crippen LogP contribution is 2.33. The Balaban J connectivity index is 3.23. The maximum absolute atomic E-state index is 10.8. The monoisotopic (exact) mass is 214 g/mol. The number of halogens is 1. The summed E-state index contributed by atoms with van der Waals surface area (Å²) in [5.41, 5.74) is 0.518. The van der Waals surface area contributed by atoms with E-state index in [1.54, 1.807) is 25.1 Å². The van der Waals surface area contributed by atoms with E-state index in [0.717, 1.165) is 0 Å². The third-order valence-electron chi connectivity index (χ3n) is 2.04. The van der Waals surface area contributed by atoms with Crippen LogP contribution in [-0.4, -0.2) is 18.2 Å². The fourth-order valence-electron chi connectivity index (χ4n) is 1.24. The molecule has 0 heterocycles. The van der Waals surface area contributed by atoms with Gasteiger partial charge in [-0.2, -0.15) is 0 Å². The van der Waals surface area contributed by atoms with Gasteiger partial charge in [0.25, 0.3) is 0 Å². The molecule has 0 radical (unpaired) electrons. The molecule has 1 aromatic carbocycles. The molecule has 3 nitrogen and oxygen atoms in total. The van der Waals surface area contributed by atoms with Gasteiger partial charge in [-0.25, -0.2) is 0 Å². The molecule has 0 aromatic heterocycles. The van der Waals surface area contributed by atoms with Gasteiger partial charge in [-0.15, -0.1) is 0 Å². The number of hydrogen-bond acceptors (Lipinski definition) is 2. The topological polar surface area (TPSA) is 46.5 Å². The Hall–Kier alpha value is -1.22. The number of aliphatic carboxylic acids is 1. The Bertz CT molecular complexity index is 349. The molecular weight excluding hydrogens is 204 g/mol. The van der Waals surface area contributed by atoms with E-state index in [2.05, 4.69) is 0 Å². The Labute approximate surface area is 87.3 Å². The molecule has 1 rings (SSSR count). The average Bonchev–Trinajstić information content (AvgIpc) is 2.16. The van der Waals surface area contributed by atoms with Crippen LogP contribution in [0.1, 0.15) is 18.4 Å². The molecule has 1 N–H and O–H groups in total. The molecule has 0 aliphatic carbocycles. The quantitative estimate of drug-likeness (QED) is 0.841.